The second kappa shape index (κ2) is 6.58. The summed E-state index contributed by atoms with van der Waals surface area (Å²) >= 11 is 0. The summed E-state index contributed by atoms with van der Waals surface area (Å²) < 4.78 is 0. The van der Waals surface area contributed by atoms with E-state index >= 15 is 0 Å². The second-order valence-corrected chi connectivity index (χ2v) is 6.64. The third kappa shape index (κ3) is 2.91. The van der Waals surface area contributed by atoms with Crippen LogP contribution < -0.4 is 0 Å². The molecule has 1 N–H and O–H groups in total. The average Bonchev–Trinajstić information content (AvgIpc) is 3.19. The van der Waals surface area contributed by atoms with Crippen molar-refractivity contribution in [1.82, 2.24) is 10.2 Å². The maximum absolute atomic E-state index is 4.49. The number of H-pyrrole nitrogens is 1. The van der Waals surface area contributed by atoms with E-state index in [1.807, 2.05) is 18.2 Å². The van der Waals surface area contributed by atoms with Crippen molar-refractivity contribution in [3.8, 4) is 33.5 Å². The molecule has 5 rings (SSSR count). The largest absolute Gasteiger partial charge is 0.277 e. The minimum atomic E-state index is 0.997. The minimum absolute atomic E-state index is 0.997. The van der Waals surface area contributed by atoms with E-state index in [9.17, 15) is 0 Å². The predicted molar refractivity (Wildman–Crippen MR) is 112 cm³/mol. The van der Waals surface area contributed by atoms with Crippen molar-refractivity contribution in [1.29, 1.82) is 0 Å². The van der Waals surface area contributed by atoms with Gasteiger partial charge in [0.1, 0.15) is 0 Å². The van der Waals surface area contributed by atoms with Crippen LogP contribution in [-0.4, -0.2) is 10.2 Å². The van der Waals surface area contributed by atoms with E-state index < -0.39 is 0 Å². The maximum Gasteiger partial charge on any atom is 0.0999 e. The molecule has 0 radical (unpaired) electrons. The van der Waals surface area contributed by atoms with Gasteiger partial charge >= 0.3 is 0 Å². The Labute approximate surface area is 158 Å². The molecule has 5 aromatic rings. The summed E-state index contributed by atoms with van der Waals surface area (Å²) in [6.45, 7) is 0. The Kier molecular flexibility index (Phi) is 3.80. The van der Waals surface area contributed by atoms with Gasteiger partial charge in [-0.2, -0.15) is 5.10 Å². The van der Waals surface area contributed by atoms with Crippen LogP contribution in [0.4, 0.5) is 0 Å². The Bertz CT molecular complexity index is 1180. The molecule has 4 aromatic carbocycles. The van der Waals surface area contributed by atoms with Crippen molar-refractivity contribution >= 4 is 10.9 Å². The van der Waals surface area contributed by atoms with Crippen LogP contribution in [0.25, 0.3) is 44.4 Å². The van der Waals surface area contributed by atoms with Crippen LogP contribution in [0.5, 0.6) is 0 Å². The van der Waals surface area contributed by atoms with Gasteiger partial charge in [-0.05, 0) is 28.3 Å². The van der Waals surface area contributed by atoms with Crippen molar-refractivity contribution in [3.63, 3.8) is 0 Å². The van der Waals surface area contributed by atoms with Crippen molar-refractivity contribution < 1.29 is 0 Å². The first-order valence-electron chi connectivity index (χ1n) is 9.08. The molecular weight excluding hydrogens is 328 g/mol. The van der Waals surface area contributed by atoms with Gasteiger partial charge in [0.05, 0.1) is 11.2 Å². The van der Waals surface area contributed by atoms with Crippen LogP contribution in [0.3, 0.4) is 0 Å². The minimum Gasteiger partial charge on any atom is -0.277 e. The molecule has 0 unspecified atom stereocenters. The summed E-state index contributed by atoms with van der Waals surface area (Å²) in [5, 5.41) is 8.74. The van der Waals surface area contributed by atoms with Crippen molar-refractivity contribution in [2.24, 2.45) is 0 Å². The monoisotopic (exact) mass is 346 g/mol. The number of nitrogens with zero attached hydrogens (tertiary/aromatic N) is 1. The fraction of sp³-hybridized carbons (Fsp3) is 0. The summed E-state index contributed by atoms with van der Waals surface area (Å²) in [6, 6.07) is 36.0. The SMILES string of the molecule is c1ccc(-c2ccc(-c3ccc(-c4n[nH]c5ccccc45)cc3)cc2)cc1. The zero-order valence-corrected chi connectivity index (χ0v) is 14.8. The lowest BCUT2D eigenvalue weighted by Gasteiger charge is -2.06. The molecule has 1 aromatic heterocycles. The lowest BCUT2D eigenvalue weighted by Crippen LogP contribution is -1.82. The highest BCUT2D eigenvalue weighted by Gasteiger charge is 2.08. The van der Waals surface area contributed by atoms with E-state index in [0.717, 1.165) is 22.2 Å². The smallest absolute Gasteiger partial charge is 0.0999 e. The van der Waals surface area contributed by atoms with Crippen molar-refractivity contribution in [2.45, 2.75) is 0 Å². The van der Waals surface area contributed by atoms with Gasteiger partial charge in [-0.3, -0.25) is 5.10 Å². The van der Waals surface area contributed by atoms with Crippen LogP contribution in [0.2, 0.25) is 0 Å². The van der Waals surface area contributed by atoms with Gasteiger partial charge in [0.2, 0.25) is 0 Å². The fourth-order valence-corrected chi connectivity index (χ4v) is 3.49. The number of aromatic amines is 1. The Hall–Kier alpha value is -3.65. The van der Waals surface area contributed by atoms with Gasteiger partial charge in [-0.1, -0.05) is 97.1 Å². The number of aromatic nitrogens is 2. The van der Waals surface area contributed by atoms with E-state index in [-0.39, 0.29) is 0 Å². The van der Waals surface area contributed by atoms with E-state index in [1.54, 1.807) is 0 Å². The normalized spacial score (nSPS) is 11.0. The van der Waals surface area contributed by atoms with E-state index in [0.29, 0.717) is 0 Å². The van der Waals surface area contributed by atoms with Gasteiger partial charge in [0.15, 0.2) is 0 Å². The third-order valence-electron chi connectivity index (χ3n) is 4.95. The second-order valence-electron chi connectivity index (χ2n) is 6.64. The quantitative estimate of drug-likeness (QED) is 0.393. The molecule has 128 valence electrons. The molecule has 0 amide bonds. The number of hydrogen-bond acceptors (Lipinski definition) is 1. The number of fused-ring (bicyclic) bond motifs is 1. The Morgan fingerprint density at radius 3 is 1.56 bits per heavy atom. The van der Waals surface area contributed by atoms with Gasteiger partial charge in [-0.25, -0.2) is 0 Å². The molecule has 0 fully saturated rings. The molecule has 27 heavy (non-hydrogen) atoms. The summed E-state index contributed by atoms with van der Waals surface area (Å²) in [4.78, 5) is 0. The topological polar surface area (TPSA) is 28.7 Å². The lowest BCUT2D eigenvalue weighted by atomic mass is 9.99. The zero-order valence-electron chi connectivity index (χ0n) is 14.8. The molecule has 0 saturated carbocycles. The highest BCUT2D eigenvalue weighted by Crippen LogP contribution is 2.29. The Morgan fingerprint density at radius 2 is 0.926 bits per heavy atom. The first kappa shape index (κ1) is 15.6. The maximum atomic E-state index is 4.49. The molecule has 0 saturated heterocycles. The van der Waals surface area contributed by atoms with Gasteiger partial charge in [0.25, 0.3) is 0 Å². The van der Waals surface area contributed by atoms with Crippen LogP contribution in [0.15, 0.2) is 103 Å². The molecule has 0 bridgehead atoms. The number of hydrogen-bond donors (Lipinski definition) is 1. The first-order valence-corrected chi connectivity index (χ1v) is 9.08. The van der Waals surface area contributed by atoms with Gasteiger partial charge < -0.3 is 0 Å². The van der Waals surface area contributed by atoms with Gasteiger partial charge in [0, 0.05) is 10.9 Å². The Balaban J connectivity index is 1.45. The van der Waals surface area contributed by atoms with Gasteiger partial charge in [-0.15, -0.1) is 0 Å². The van der Waals surface area contributed by atoms with Crippen LogP contribution in [-0.2, 0) is 0 Å². The molecule has 0 spiro atoms. The number of para-hydroxylation sites is 1. The zero-order chi connectivity index (χ0) is 18.1. The molecule has 0 atom stereocenters. The average molecular weight is 346 g/mol. The van der Waals surface area contributed by atoms with Crippen molar-refractivity contribution in [3.05, 3.63) is 103 Å². The lowest BCUT2D eigenvalue weighted by molar-refractivity contribution is 1.12. The molecule has 0 aliphatic rings. The number of rotatable bonds is 3. The highest BCUT2D eigenvalue weighted by molar-refractivity contribution is 5.93. The highest BCUT2D eigenvalue weighted by atomic mass is 15.1. The fourth-order valence-electron chi connectivity index (χ4n) is 3.49. The molecule has 2 nitrogen and oxygen atoms in total. The molecule has 0 aliphatic carbocycles. The van der Waals surface area contributed by atoms with Crippen molar-refractivity contribution in [2.75, 3.05) is 0 Å². The predicted octanol–water partition coefficient (Wildman–Crippen LogP) is 6.56. The first-order chi connectivity index (χ1) is 13.4. The van der Waals surface area contributed by atoms with Crippen LogP contribution >= 0.6 is 0 Å². The van der Waals surface area contributed by atoms with Crippen LogP contribution in [0, 0.1) is 0 Å². The summed E-state index contributed by atoms with van der Waals surface area (Å²) in [7, 11) is 0. The number of nitrogens with one attached hydrogen (secondary N) is 1. The summed E-state index contributed by atoms with van der Waals surface area (Å²) in [6.07, 6.45) is 0. The molecule has 0 aliphatic heterocycles. The molecular formula is C25H18N2. The van der Waals surface area contributed by atoms with E-state index in [2.05, 4.69) is 95.1 Å². The number of benzene rings is 4. The molecule has 1 heterocycles. The third-order valence-corrected chi connectivity index (χ3v) is 4.95. The Morgan fingerprint density at radius 1 is 0.444 bits per heavy atom. The molecule has 2 heteroatoms. The van der Waals surface area contributed by atoms with Crippen LogP contribution in [0.1, 0.15) is 0 Å². The summed E-state index contributed by atoms with van der Waals surface area (Å²) in [5.41, 5.74) is 8.08. The standard InChI is InChI=1S/C25H18N2/c1-2-6-18(7-3-1)19-10-12-20(13-11-19)21-14-16-22(17-15-21)25-23-8-4-5-9-24(23)26-27-25/h1-17H,(H,26,27). The van der Waals surface area contributed by atoms with E-state index in [1.165, 1.54) is 22.3 Å². The van der Waals surface area contributed by atoms with E-state index in [4.69, 9.17) is 0 Å². The summed E-state index contributed by atoms with van der Waals surface area (Å²) in [5.74, 6) is 0.